The molecule has 1 saturated heterocycles. The highest BCUT2D eigenvalue weighted by Crippen LogP contribution is 2.28. The van der Waals surface area contributed by atoms with Gasteiger partial charge < -0.3 is 15.4 Å². The number of nitrogens with two attached hydrogens (primary N) is 1. The molecule has 1 aliphatic heterocycles. The zero-order valence-corrected chi connectivity index (χ0v) is 20.8. The van der Waals surface area contributed by atoms with Crippen LogP contribution in [0.5, 0.6) is 5.75 Å². The number of carbonyl (C=O) groups excluding carboxylic acids is 1. The molecule has 0 spiro atoms. The Balaban J connectivity index is 1.57. The SMILES string of the molecule is COc1cc(C)c(S(=O)(=O)N(C)CCC(=O)Cc2ccc(N3CCC(N)CC3)cc2)c(C)c1. The van der Waals surface area contributed by atoms with Crippen molar-refractivity contribution >= 4 is 21.5 Å². The van der Waals surface area contributed by atoms with E-state index in [2.05, 4.69) is 4.90 Å². The van der Waals surface area contributed by atoms with Gasteiger partial charge >= 0.3 is 0 Å². The summed E-state index contributed by atoms with van der Waals surface area (Å²) in [5, 5.41) is 0. The van der Waals surface area contributed by atoms with Crippen molar-refractivity contribution in [3.63, 3.8) is 0 Å². The number of anilines is 1. The quantitative estimate of drug-likeness (QED) is 0.602. The minimum Gasteiger partial charge on any atom is -0.497 e. The van der Waals surface area contributed by atoms with Crippen molar-refractivity contribution in [2.24, 2.45) is 5.73 Å². The van der Waals surface area contributed by atoms with Crippen molar-refractivity contribution in [3.05, 3.63) is 53.1 Å². The number of methoxy groups -OCH3 is 1. The van der Waals surface area contributed by atoms with Gasteiger partial charge in [0.1, 0.15) is 11.5 Å². The molecule has 2 N–H and O–H groups in total. The van der Waals surface area contributed by atoms with E-state index >= 15 is 0 Å². The molecule has 2 aromatic carbocycles. The van der Waals surface area contributed by atoms with E-state index in [1.54, 1.807) is 33.1 Å². The Morgan fingerprint density at radius 1 is 1.12 bits per heavy atom. The molecule has 0 unspecified atom stereocenters. The van der Waals surface area contributed by atoms with Crippen LogP contribution in [0.1, 0.15) is 36.0 Å². The average Bonchev–Trinajstić information content (AvgIpc) is 2.77. The van der Waals surface area contributed by atoms with Gasteiger partial charge in [0.15, 0.2) is 0 Å². The van der Waals surface area contributed by atoms with Gasteiger partial charge in [0.05, 0.1) is 12.0 Å². The number of sulfonamides is 1. The van der Waals surface area contributed by atoms with Crippen molar-refractivity contribution in [2.45, 2.75) is 50.5 Å². The standard InChI is InChI=1S/C25H35N3O4S/c1-18-15-24(32-4)16-19(2)25(18)33(30,31)27(3)12-11-23(29)17-20-5-7-22(8-6-20)28-13-9-21(26)10-14-28/h5-8,15-16,21H,9-14,17,26H2,1-4H3. The maximum atomic E-state index is 13.1. The third-order valence-electron chi connectivity index (χ3n) is 6.29. The van der Waals surface area contributed by atoms with E-state index in [0.29, 0.717) is 23.3 Å². The molecule has 0 bridgehead atoms. The summed E-state index contributed by atoms with van der Waals surface area (Å²) in [6.07, 6.45) is 2.44. The molecule has 7 nitrogen and oxygen atoms in total. The van der Waals surface area contributed by atoms with Gasteiger partial charge in [0.2, 0.25) is 10.0 Å². The highest BCUT2D eigenvalue weighted by molar-refractivity contribution is 7.89. The molecule has 0 aliphatic carbocycles. The molecule has 180 valence electrons. The van der Waals surface area contributed by atoms with Crippen molar-refractivity contribution < 1.29 is 17.9 Å². The molecule has 0 aromatic heterocycles. The second kappa shape index (κ2) is 10.7. The summed E-state index contributed by atoms with van der Waals surface area (Å²) >= 11 is 0. The summed E-state index contributed by atoms with van der Waals surface area (Å²) in [5.74, 6) is 0.633. The topological polar surface area (TPSA) is 92.9 Å². The number of ether oxygens (including phenoxy) is 1. The van der Waals surface area contributed by atoms with E-state index in [1.165, 1.54) is 11.4 Å². The van der Waals surface area contributed by atoms with E-state index in [4.69, 9.17) is 10.5 Å². The molecule has 0 amide bonds. The monoisotopic (exact) mass is 473 g/mol. The number of hydrogen-bond donors (Lipinski definition) is 1. The Hall–Kier alpha value is -2.42. The normalized spacial score (nSPS) is 15.2. The van der Waals surface area contributed by atoms with Crippen molar-refractivity contribution in [2.75, 3.05) is 38.7 Å². The van der Waals surface area contributed by atoms with Crippen LogP contribution >= 0.6 is 0 Å². The number of carbonyl (C=O) groups is 1. The first kappa shape index (κ1) is 25.2. The lowest BCUT2D eigenvalue weighted by Crippen LogP contribution is -2.39. The predicted octanol–water partition coefficient (Wildman–Crippen LogP) is 3.06. The summed E-state index contributed by atoms with van der Waals surface area (Å²) in [6, 6.07) is 11.8. The van der Waals surface area contributed by atoms with E-state index in [-0.39, 0.29) is 29.7 Å². The van der Waals surface area contributed by atoms with Crippen LogP contribution in [0.4, 0.5) is 5.69 Å². The van der Waals surface area contributed by atoms with Gasteiger partial charge in [0, 0.05) is 51.3 Å². The van der Waals surface area contributed by atoms with Crippen LogP contribution in [-0.2, 0) is 21.2 Å². The Morgan fingerprint density at radius 3 is 2.24 bits per heavy atom. The van der Waals surface area contributed by atoms with Gasteiger partial charge in [-0.15, -0.1) is 0 Å². The zero-order chi connectivity index (χ0) is 24.2. The van der Waals surface area contributed by atoms with Crippen LogP contribution in [0.2, 0.25) is 0 Å². The lowest BCUT2D eigenvalue weighted by molar-refractivity contribution is -0.118. The molecule has 1 aliphatic rings. The second-order valence-electron chi connectivity index (χ2n) is 8.87. The molecule has 0 radical (unpaired) electrons. The van der Waals surface area contributed by atoms with E-state index in [9.17, 15) is 13.2 Å². The summed E-state index contributed by atoms with van der Waals surface area (Å²) in [4.78, 5) is 15.1. The molecule has 33 heavy (non-hydrogen) atoms. The van der Waals surface area contributed by atoms with Gasteiger partial charge in [-0.25, -0.2) is 12.7 Å². The number of rotatable bonds is 9. The van der Waals surface area contributed by atoms with Crippen molar-refractivity contribution in [3.8, 4) is 5.75 Å². The fraction of sp³-hybridized carbons (Fsp3) is 0.480. The molecule has 8 heteroatoms. The van der Waals surface area contributed by atoms with Crippen LogP contribution in [0.15, 0.2) is 41.3 Å². The largest absolute Gasteiger partial charge is 0.497 e. The summed E-state index contributed by atoms with van der Waals surface area (Å²) in [6.45, 7) is 5.55. The van der Waals surface area contributed by atoms with Crippen LogP contribution in [0.25, 0.3) is 0 Å². The molecule has 0 saturated carbocycles. The number of nitrogens with zero attached hydrogens (tertiary/aromatic N) is 2. The molecular formula is C25H35N3O4S. The first-order valence-electron chi connectivity index (χ1n) is 11.3. The molecule has 1 heterocycles. The van der Waals surface area contributed by atoms with Crippen molar-refractivity contribution in [1.29, 1.82) is 0 Å². The molecule has 3 rings (SSSR count). The number of piperidine rings is 1. The van der Waals surface area contributed by atoms with E-state index in [0.717, 1.165) is 37.2 Å². The fourth-order valence-electron chi connectivity index (χ4n) is 4.29. The Labute approximate surface area is 197 Å². The maximum Gasteiger partial charge on any atom is 0.243 e. The van der Waals surface area contributed by atoms with Gasteiger partial charge in [-0.3, -0.25) is 4.79 Å². The van der Waals surface area contributed by atoms with Crippen LogP contribution in [-0.4, -0.2) is 58.3 Å². The zero-order valence-electron chi connectivity index (χ0n) is 20.0. The van der Waals surface area contributed by atoms with E-state index < -0.39 is 10.0 Å². The number of hydrogen-bond acceptors (Lipinski definition) is 6. The number of aryl methyl sites for hydroxylation is 2. The van der Waals surface area contributed by atoms with Crippen LogP contribution in [0, 0.1) is 13.8 Å². The predicted molar refractivity (Wildman–Crippen MR) is 131 cm³/mol. The van der Waals surface area contributed by atoms with Gasteiger partial charge in [-0.2, -0.15) is 0 Å². The summed E-state index contributed by atoms with van der Waals surface area (Å²) in [5.41, 5.74) is 9.31. The maximum absolute atomic E-state index is 13.1. The van der Waals surface area contributed by atoms with Crippen LogP contribution in [0.3, 0.4) is 0 Å². The lowest BCUT2D eigenvalue weighted by Gasteiger charge is -2.32. The lowest BCUT2D eigenvalue weighted by atomic mass is 10.0. The first-order chi connectivity index (χ1) is 15.6. The number of Topliss-reactive ketones (excluding diaryl/α,β-unsaturated/α-hetero) is 1. The third-order valence-corrected chi connectivity index (χ3v) is 8.45. The highest BCUT2D eigenvalue weighted by atomic mass is 32.2. The summed E-state index contributed by atoms with van der Waals surface area (Å²) in [7, 11) is -0.633. The smallest absolute Gasteiger partial charge is 0.243 e. The Bertz CT molecular complexity index is 1050. The third kappa shape index (κ3) is 6.13. The number of ketones is 1. The number of benzene rings is 2. The minimum atomic E-state index is -3.70. The van der Waals surface area contributed by atoms with Crippen molar-refractivity contribution in [1.82, 2.24) is 4.31 Å². The summed E-state index contributed by atoms with van der Waals surface area (Å²) < 4.78 is 32.7. The molecular weight excluding hydrogens is 438 g/mol. The Morgan fingerprint density at radius 2 is 1.70 bits per heavy atom. The second-order valence-corrected chi connectivity index (χ2v) is 10.9. The average molecular weight is 474 g/mol. The molecule has 0 atom stereocenters. The van der Waals surface area contributed by atoms with Gasteiger partial charge in [-0.05, 0) is 67.6 Å². The van der Waals surface area contributed by atoms with Crippen LogP contribution < -0.4 is 15.4 Å². The first-order valence-corrected chi connectivity index (χ1v) is 12.8. The van der Waals surface area contributed by atoms with Gasteiger partial charge in [-0.1, -0.05) is 12.1 Å². The molecule has 2 aromatic rings. The van der Waals surface area contributed by atoms with Gasteiger partial charge in [0.25, 0.3) is 0 Å². The van der Waals surface area contributed by atoms with E-state index in [1.807, 2.05) is 24.3 Å². The molecule has 1 fully saturated rings. The Kier molecular flexibility index (Phi) is 8.15. The minimum absolute atomic E-state index is 0.0110. The highest BCUT2D eigenvalue weighted by Gasteiger charge is 2.26. The fourth-order valence-corrected chi connectivity index (χ4v) is 5.87.